The first-order valence-electron chi connectivity index (χ1n) is 17.0. The first kappa shape index (κ1) is 33.8. The van der Waals surface area contributed by atoms with Crippen LogP contribution in [0, 0.1) is 52.8 Å². The molecule has 3 fully saturated rings. The van der Waals surface area contributed by atoms with Gasteiger partial charge in [0.1, 0.15) is 17.5 Å². The zero-order valence-electron chi connectivity index (χ0n) is 26.2. The van der Waals surface area contributed by atoms with Crippen molar-refractivity contribution in [1.82, 2.24) is 0 Å². The van der Waals surface area contributed by atoms with E-state index in [2.05, 4.69) is 12.2 Å². The molecule has 0 heterocycles. The SMILES string of the molecule is CCC(F)=C(F)c1cc(F)c(C2CCC(C=CC3CCC(CCC4CCC(c5cc(F)c(F)c(F)c5)CC4)CC3)CC2)c(F)c1. The maximum Gasteiger partial charge on any atom is 0.194 e. The van der Waals surface area contributed by atoms with Crippen molar-refractivity contribution in [1.29, 1.82) is 0 Å². The van der Waals surface area contributed by atoms with Crippen LogP contribution < -0.4 is 0 Å². The Hall–Kier alpha value is -2.57. The van der Waals surface area contributed by atoms with Gasteiger partial charge < -0.3 is 0 Å². The van der Waals surface area contributed by atoms with E-state index in [9.17, 15) is 30.7 Å². The van der Waals surface area contributed by atoms with Gasteiger partial charge in [0.2, 0.25) is 0 Å². The molecule has 2 aromatic carbocycles. The van der Waals surface area contributed by atoms with Gasteiger partial charge in [0, 0.05) is 11.1 Å². The van der Waals surface area contributed by atoms with Crippen LogP contribution in [0.1, 0.15) is 132 Å². The van der Waals surface area contributed by atoms with Gasteiger partial charge in [-0.05, 0) is 149 Å². The summed E-state index contributed by atoms with van der Waals surface area (Å²) in [5, 5.41) is 0. The van der Waals surface area contributed by atoms with Crippen molar-refractivity contribution >= 4 is 5.83 Å². The van der Waals surface area contributed by atoms with Gasteiger partial charge in [-0.2, -0.15) is 0 Å². The van der Waals surface area contributed by atoms with E-state index in [1.54, 1.807) is 0 Å². The van der Waals surface area contributed by atoms with Gasteiger partial charge in [-0.3, -0.25) is 0 Å². The normalized spacial score (nSPS) is 28.4. The molecule has 0 aliphatic heterocycles. The average molecular weight is 635 g/mol. The Morgan fingerprint density at radius 3 is 1.53 bits per heavy atom. The highest BCUT2D eigenvalue weighted by Crippen LogP contribution is 2.42. The third-order valence-corrected chi connectivity index (χ3v) is 10.9. The van der Waals surface area contributed by atoms with E-state index in [-0.39, 0.29) is 29.4 Å². The van der Waals surface area contributed by atoms with Crippen LogP contribution >= 0.6 is 0 Å². The molecule has 0 radical (unpaired) electrons. The quantitative estimate of drug-likeness (QED) is 0.146. The monoisotopic (exact) mass is 634 g/mol. The third-order valence-electron chi connectivity index (χ3n) is 10.9. The molecule has 0 saturated heterocycles. The molecule has 0 unspecified atom stereocenters. The fourth-order valence-corrected chi connectivity index (χ4v) is 8.06. The number of hydrogen-bond donors (Lipinski definition) is 0. The summed E-state index contributed by atoms with van der Waals surface area (Å²) in [5.41, 5.74) is 0.188. The molecule has 0 bridgehead atoms. The molecule has 2 aromatic rings. The zero-order chi connectivity index (χ0) is 32.1. The summed E-state index contributed by atoms with van der Waals surface area (Å²) in [6.45, 7) is 1.44. The lowest BCUT2D eigenvalue weighted by Gasteiger charge is -2.32. The maximum absolute atomic E-state index is 14.8. The van der Waals surface area contributed by atoms with Gasteiger partial charge in [-0.1, -0.05) is 31.9 Å². The van der Waals surface area contributed by atoms with Gasteiger partial charge in [0.15, 0.2) is 23.3 Å². The molecule has 0 N–H and O–H groups in total. The smallest absolute Gasteiger partial charge is 0.194 e. The molecule has 3 aliphatic carbocycles. The van der Waals surface area contributed by atoms with Crippen LogP contribution in [0.15, 0.2) is 42.2 Å². The number of benzene rings is 2. The van der Waals surface area contributed by atoms with Crippen LogP contribution in [0.5, 0.6) is 0 Å². The zero-order valence-corrected chi connectivity index (χ0v) is 26.2. The minimum absolute atomic E-state index is 0.00379. The van der Waals surface area contributed by atoms with Crippen LogP contribution in [-0.4, -0.2) is 0 Å². The van der Waals surface area contributed by atoms with E-state index >= 15 is 0 Å². The molecule has 45 heavy (non-hydrogen) atoms. The van der Waals surface area contributed by atoms with Crippen LogP contribution in [0.3, 0.4) is 0 Å². The lowest BCUT2D eigenvalue weighted by molar-refractivity contribution is 0.245. The second kappa shape index (κ2) is 15.3. The summed E-state index contributed by atoms with van der Waals surface area (Å²) in [7, 11) is 0. The topological polar surface area (TPSA) is 0 Å². The molecular formula is C38H45F7. The molecule has 0 spiro atoms. The summed E-state index contributed by atoms with van der Waals surface area (Å²) in [5.74, 6) is -5.23. The first-order chi connectivity index (χ1) is 21.6. The van der Waals surface area contributed by atoms with Crippen molar-refractivity contribution in [2.45, 2.75) is 115 Å². The summed E-state index contributed by atoms with van der Waals surface area (Å²) in [6.07, 6.45) is 18.6. The number of hydrogen-bond acceptors (Lipinski definition) is 0. The predicted octanol–water partition coefficient (Wildman–Crippen LogP) is 12.8. The molecule has 0 nitrogen and oxygen atoms in total. The molecule has 3 aliphatic rings. The van der Waals surface area contributed by atoms with Crippen LogP contribution in [0.2, 0.25) is 0 Å². The fourth-order valence-electron chi connectivity index (χ4n) is 8.06. The van der Waals surface area contributed by atoms with E-state index in [0.717, 1.165) is 68.7 Å². The molecule has 7 heteroatoms. The van der Waals surface area contributed by atoms with Crippen LogP contribution in [0.4, 0.5) is 30.7 Å². The average Bonchev–Trinajstić information content (AvgIpc) is 3.05. The van der Waals surface area contributed by atoms with Gasteiger partial charge in [-0.15, -0.1) is 0 Å². The molecule has 246 valence electrons. The van der Waals surface area contributed by atoms with Crippen molar-refractivity contribution in [3.63, 3.8) is 0 Å². The van der Waals surface area contributed by atoms with Crippen molar-refractivity contribution in [2.24, 2.45) is 23.7 Å². The summed E-state index contributed by atoms with van der Waals surface area (Å²) >= 11 is 0. The second-order valence-corrected chi connectivity index (χ2v) is 13.8. The van der Waals surface area contributed by atoms with Crippen molar-refractivity contribution in [3.8, 4) is 0 Å². The van der Waals surface area contributed by atoms with E-state index in [1.165, 1.54) is 45.4 Å². The lowest BCUT2D eigenvalue weighted by Crippen LogP contribution is -2.18. The highest BCUT2D eigenvalue weighted by atomic mass is 19.2. The summed E-state index contributed by atoms with van der Waals surface area (Å²) in [4.78, 5) is 0. The van der Waals surface area contributed by atoms with Crippen molar-refractivity contribution < 1.29 is 30.7 Å². The highest BCUT2D eigenvalue weighted by molar-refractivity contribution is 5.61. The Balaban J connectivity index is 1.01. The van der Waals surface area contributed by atoms with Gasteiger partial charge >= 0.3 is 0 Å². The molecule has 0 atom stereocenters. The Labute approximate surface area is 263 Å². The number of halogens is 7. The molecule has 0 aromatic heterocycles. The molecule has 5 rings (SSSR count). The summed E-state index contributed by atoms with van der Waals surface area (Å²) in [6, 6.07) is 4.15. The number of rotatable bonds is 9. The first-order valence-corrected chi connectivity index (χ1v) is 17.0. The van der Waals surface area contributed by atoms with Gasteiger partial charge in [0.05, 0.1) is 0 Å². The predicted molar refractivity (Wildman–Crippen MR) is 165 cm³/mol. The Morgan fingerprint density at radius 1 is 0.600 bits per heavy atom. The fraction of sp³-hybridized carbons (Fsp3) is 0.579. The maximum atomic E-state index is 14.8. The lowest BCUT2D eigenvalue weighted by atomic mass is 9.74. The highest BCUT2D eigenvalue weighted by Gasteiger charge is 2.29. The van der Waals surface area contributed by atoms with Gasteiger partial charge in [-0.25, -0.2) is 30.7 Å². The standard InChI is InChI=1S/C38H45F7/c1-2-31(39)37(44)30-21-32(40)36(33(41)22-30)28-17-13-26(14-18-28)10-8-24-5-3-23(4-6-24)7-9-25-11-15-27(16-12-25)29-19-34(42)38(45)35(43)20-29/h8,10,19-28H,2-7,9,11-18H2,1H3. The largest absolute Gasteiger partial charge is 0.209 e. The van der Waals surface area contributed by atoms with E-state index in [4.69, 9.17) is 0 Å². The van der Waals surface area contributed by atoms with Crippen LogP contribution in [-0.2, 0) is 0 Å². The van der Waals surface area contributed by atoms with Crippen molar-refractivity contribution in [2.75, 3.05) is 0 Å². The molecule has 3 saturated carbocycles. The minimum atomic E-state index is -1.39. The van der Waals surface area contributed by atoms with Gasteiger partial charge in [0.25, 0.3) is 0 Å². The second-order valence-electron chi connectivity index (χ2n) is 13.8. The Morgan fingerprint density at radius 2 is 1.04 bits per heavy atom. The molecule has 0 amide bonds. The Kier molecular flexibility index (Phi) is 11.5. The van der Waals surface area contributed by atoms with E-state index in [0.29, 0.717) is 36.2 Å². The van der Waals surface area contributed by atoms with Crippen molar-refractivity contribution in [3.05, 3.63) is 88.0 Å². The Bertz CT molecular complexity index is 1310. The van der Waals surface area contributed by atoms with E-state index in [1.807, 2.05) is 0 Å². The minimum Gasteiger partial charge on any atom is -0.209 e. The molecular weight excluding hydrogens is 589 g/mol. The number of allylic oxidation sites excluding steroid dienone is 3. The third kappa shape index (κ3) is 8.43. The van der Waals surface area contributed by atoms with Crippen LogP contribution in [0.25, 0.3) is 5.83 Å². The summed E-state index contributed by atoms with van der Waals surface area (Å²) < 4.78 is 98.0. The van der Waals surface area contributed by atoms with E-state index < -0.39 is 40.7 Å².